The molecular formula is C23H22ClNO4. The predicted octanol–water partition coefficient (Wildman–Crippen LogP) is 4.65. The quantitative estimate of drug-likeness (QED) is 0.325. The molecule has 0 spiro atoms. The SMILES string of the molecule is C=CCN1C(=O)C(=O)C(=C(O)c2ccc(OCC)c(Cl)c2)C1c1ccc(C)cc1. The predicted molar refractivity (Wildman–Crippen MR) is 113 cm³/mol. The molecule has 2 aromatic carbocycles. The monoisotopic (exact) mass is 411 g/mol. The fourth-order valence-corrected chi connectivity index (χ4v) is 3.61. The fourth-order valence-electron chi connectivity index (χ4n) is 3.38. The molecule has 0 saturated carbocycles. The van der Waals surface area contributed by atoms with Crippen molar-refractivity contribution in [3.8, 4) is 5.75 Å². The van der Waals surface area contributed by atoms with Crippen LogP contribution in [0.5, 0.6) is 5.75 Å². The lowest BCUT2D eigenvalue weighted by Gasteiger charge is -2.24. The van der Waals surface area contributed by atoms with Gasteiger partial charge in [0.1, 0.15) is 11.5 Å². The summed E-state index contributed by atoms with van der Waals surface area (Å²) in [5, 5.41) is 11.3. The fraction of sp³-hybridized carbons (Fsp3) is 0.217. The van der Waals surface area contributed by atoms with Crippen molar-refractivity contribution in [3.63, 3.8) is 0 Å². The van der Waals surface area contributed by atoms with Crippen molar-refractivity contribution in [2.45, 2.75) is 19.9 Å². The number of ketones is 1. The number of ether oxygens (including phenoxy) is 1. The van der Waals surface area contributed by atoms with Gasteiger partial charge in [-0.15, -0.1) is 6.58 Å². The van der Waals surface area contributed by atoms with E-state index in [0.717, 1.165) is 11.1 Å². The lowest BCUT2D eigenvalue weighted by atomic mass is 9.94. The number of likely N-dealkylation sites (tertiary alicyclic amines) is 1. The number of hydrogen-bond donors (Lipinski definition) is 1. The van der Waals surface area contributed by atoms with E-state index < -0.39 is 17.7 Å². The minimum atomic E-state index is -0.736. The third-order valence-electron chi connectivity index (χ3n) is 4.76. The van der Waals surface area contributed by atoms with Gasteiger partial charge in [0.25, 0.3) is 11.7 Å². The Hall–Kier alpha value is -3.05. The second-order valence-electron chi connectivity index (χ2n) is 6.73. The Labute approximate surface area is 174 Å². The van der Waals surface area contributed by atoms with E-state index in [9.17, 15) is 14.7 Å². The Balaban J connectivity index is 2.15. The molecule has 29 heavy (non-hydrogen) atoms. The van der Waals surface area contributed by atoms with Crippen molar-refractivity contribution in [2.24, 2.45) is 0 Å². The molecule has 0 bridgehead atoms. The van der Waals surface area contributed by atoms with Gasteiger partial charge in [0.15, 0.2) is 0 Å². The van der Waals surface area contributed by atoms with Crippen LogP contribution >= 0.6 is 11.6 Å². The summed E-state index contributed by atoms with van der Waals surface area (Å²) in [5.74, 6) is -1.20. The maximum Gasteiger partial charge on any atom is 0.295 e. The van der Waals surface area contributed by atoms with Crippen LogP contribution in [-0.2, 0) is 9.59 Å². The van der Waals surface area contributed by atoms with Crippen LogP contribution in [0.25, 0.3) is 5.76 Å². The molecule has 1 heterocycles. The molecule has 150 valence electrons. The van der Waals surface area contributed by atoms with Crippen molar-refractivity contribution in [3.05, 3.63) is 82.4 Å². The Bertz CT molecular complexity index is 994. The zero-order valence-electron chi connectivity index (χ0n) is 16.3. The molecule has 5 nitrogen and oxygen atoms in total. The highest BCUT2D eigenvalue weighted by atomic mass is 35.5. The average Bonchev–Trinajstić information content (AvgIpc) is 2.95. The number of benzene rings is 2. The van der Waals surface area contributed by atoms with E-state index in [1.165, 1.54) is 11.0 Å². The molecular weight excluding hydrogens is 390 g/mol. The van der Waals surface area contributed by atoms with Gasteiger partial charge in [-0.25, -0.2) is 0 Å². The maximum atomic E-state index is 12.8. The normalized spacial score (nSPS) is 18.2. The highest BCUT2D eigenvalue weighted by Crippen LogP contribution is 2.40. The smallest absolute Gasteiger partial charge is 0.295 e. The van der Waals surface area contributed by atoms with Crippen LogP contribution in [-0.4, -0.2) is 34.8 Å². The van der Waals surface area contributed by atoms with Gasteiger partial charge in [-0.1, -0.05) is 47.5 Å². The first kappa shape index (κ1) is 20.7. The Morgan fingerprint density at radius 2 is 1.93 bits per heavy atom. The number of carbonyl (C=O) groups excluding carboxylic acids is 2. The van der Waals surface area contributed by atoms with Crippen LogP contribution in [0.15, 0.2) is 60.7 Å². The van der Waals surface area contributed by atoms with Gasteiger partial charge in [-0.05, 0) is 37.6 Å². The van der Waals surface area contributed by atoms with Gasteiger partial charge >= 0.3 is 0 Å². The highest BCUT2D eigenvalue weighted by Gasteiger charge is 2.45. The van der Waals surface area contributed by atoms with Crippen molar-refractivity contribution in [2.75, 3.05) is 13.2 Å². The first-order valence-corrected chi connectivity index (χ1v) is 9.65. The topological polar surface area (TPSA) is 66.8 Å². The van der Waals surface area contributed by atoms with Crippen LogP contribution in [0, 0.1) is 6.92 Å². The van der Waals surface area contributed by atoms with Crippen LogP contribution in [0.1, 0.15) is 29.7 Å². The molecule has 6 heteroatoms. The third-order valence-corrected chi connectivity index (χ3v) is 5.06. The van der Waals surface area contributed by atoms with Gasteiger partial charge < -0.3 is 14.7 Å². The van der Waals surface area contributed by atoms with Gasteiger partial charge in [0.05, 0.1) is 23.2 Å². The molecule has 2 aromatic rings. The van der Waals surface area contributed by atoms with E-state index in [1.807, 2.05) is 38.1 Å². The minimum Gasteiger partial charge on any atom is -0.507 e. The second kappa shape index (κ2) is 8.53. The Kier molecular flexibility index (Phi) is 6.09. The Morgan fingerprint density at radius 3 is 2.52 bits per heavy atom. The standard InChI is InChI=1S/C23H22ClNO4/c1-4-12-25-20(15-8-6-14(3)7-9-15)19(22(27)23(25)28)21(26)16-10-11-18(29-5-2)17(24)13-16/h4,6-11,13,20,26H,1,5,12H2,2-3H3. The number of nitrogens with zero attached hydrogens (tertiary/aromatic N) is 1. The van der Waals surface area contributed by atoms with E-state index in [1.54, 1.807) is 18.2 Å². The van der Waals surface area contributed by atoms with Gasteiger partial charge in [0.2, 0.25) is 0 Å². The lowest BCUT2D eigenvalue weighted by Crippen LogP contribution is -2.29. The summed E-state index contributed by atoms with van der Waals surface area (Å²) < 4.78 is 5.42. The van der Waals surface area contributed by atoms with Gasteiger partial charge in [-0.3, -0.25) is 9.59 Å². The van der Waals surface area contributed by atoms with Crippen LogP contribution in [0.3, 0.4) is 0 Å². The van der Waals surface area contributed by atoms with Crippen molar-refractivity contribution < 1.29 is 19.4 Å². The summed E-state index contributed by atoms with van der Waals surface area (Å²) in [6.07, 6.45) is 1.56. The zero-order chi connectivity index (χ0) is 21.1. The number of amides is 1. The van der Waals surface area contributed by atoms with Crippen LogP contribution in [0.2, 0.25) is 5.02 Å². The molecule has 1 aliphatic rings. The molecule has 3 rings (SSSR count). The summed E-state index contributed by atoms with van der Waals surface area (Å²) in [5.41, 5.74) is 2.15. The number of aryl methyl sites for hydroxylation is 1. The summed E-state index contributed by atoms with van der Waals surface area (Å²) in [4.78, 5) is 26.8. The summed E-state index contributed by atoms with van der Waals surface area (Å²) in [7, 11) is 0. The maximum absolute atomic E-state index is 12.8. The number of aliphatic hydroxyl groups excluding tert-OH is 1. The van der Waals surface area contributed by atoms with Crippen molar-refractivity contribution in [1.29, 1.82) is 0 Å². The van der Waals surface area contributed by atoms with Gasteiger partial charge in [-0.2, -0.15) is 0 Å². The Morgan fingerprint density at radius 1 is 1.24 bits per heavy atom. The number of carbonyl (C=O) groups is 2. The van der Waals surface area contributed by atoms with Crippen molar-refractivity contribution in [1.82, 2.24) is 4.90 Å². The van der Waals surface area contributed by atoms with Gasteiger partial charge in [0, 0.05) is 12.1 Å². The van der Waals surface area contributed by atoms with E-state index >= 15 is 0 Å². The highest BCUT2D eigenvalue weighted by molar-refractivity contribution is 6.46. The van der Waals surface area contributed by atoms with Crippen LogP contribution < -0.4 is 4.74 Å². The molecule has 1 amide bonds. The molecule has 1 N–H and O–H groups in total. The molecule has 1 fully saturated rings. The molecule has 1 unspecified atom stereocenters. The lowest BCUT2D eigenvalue weighted by molar-refractivity contribution is -0.139. The summed E-state index contributed by atoms with van der Waals surface area (Å²) in [6, 6.07) is 11.5. The first-order valence-electron chi connectivity index (χ1n) is 9.27. The number of Topliss-reactive ketones (excluding diaryl/α,β-unsaturated/α-hetero) is 1. The molecule has 0 aromatic heterocycles. The van der Waals surface area contributed by atoms with E-state index in [-0.39, 0.29) is 17.9 Å². The molecule has 0 aliphatic carbocycles. The first-order chi connectivity index (χ1) is 13.9. The average molecular weight is 412 g/mol. The largest absolute Gasteiger partial charge is 0.507 e. The van der Waals surface area contributed by atoms with Crippen LogP contribution in [0.4, 0.5) is 0 Å². The third kappa shape index (κ3) is 3.91. The zero-order valence-corrected chi connectivity index (χ0v) is 17.1. The summed E-state index contributed by atoms with van der Waals surface area (Å²) >= 11 is 6.24. The number of hydrogen-bond acceptors (Lipinski definition) is 4. The number of rotatable bonds is 6. The minimum absolute atomic E-state index is 0.0286. The van der Waals surface area contributed by atoms with Crippen molar-refractivity contribution >= 4 is 29.1 Å². The van der Waals surface area contributed by atoms with E-state index in [0.29, 0.717) is 22.9 Å². The summed E-state index contributed by atoms with van der Waals surface area (Å²) in [6.45, 7) is 8.10. The molecule has 0 radical (unpaired) electrons. The molecule has 1 atom stereocenters. The van der Waals surface area contributed by atoms with E-state index in [4.69, 9.17) is 16.3 Å². The number of aliphatic hydroxyl groups is 1. The van der Waals surface area contributed by atoms with E-state index in [2.05, 4.69) is 6.58 Å². The second-order valence-corrected chi connectivity index (χ2v) is 7.14. The molecule has 1 saturated heterocycles. The molecule has 1 aliphatic heterocycles. The number of halogens is 1.